The van der Waals surface area contributed by atoms with Gasteiger partial charge in [-0.25, -0.2) is 0 Å². The topological polar surface area (TPSA) is 126 Å². The number of anilines is 1. The highest BCUT2D eigenvalue weighted by Gasteiger charge is 2.41. The van der Waals surface area contributed by atoms with Crippen molar-refractivity contribution >= 4 is 16.7 Å². The first-order valence-corrected chi connectivity index (χ1v) is 9.44. The van der Waals surface area contributed by atoms with Crippen molar-refractivity contribution in [3.05, 3.63) is 63.5 Å². The van der Waals surface area contributed by atoms with Crippen LogP contribution in [0.1, 0.15) is 30.2 Å². The number of aliphatic hydroxyl groups is 2. The number of nitrogen functional groups attached to an aromatic ring is 1. The molecule has 0 fully saturated rings. The second kappa shape index (κ2) is 7.09. The summed E-state index contributed by atoms with van der Waals surface area (Å²) in [6.07, 6.45) is 0.496. The second-order valence-electron chi connectivity index (χ2n) is 7.69. The molecule has 0 unspecified atom stereocenters. The van der Waals surface area contributed by atoms with Crippen molar-refractivity contribution in [3.8, 4) is 11.5 Å². The molecule has 2 atom stereocenters. The smallest absolute Gasteiger partial charge is 0.196 e. The van der Waals surface area contributed by atoms with Gasteiger partial charge in [-0.05, 0) is 37.5 Å². The number of phenolic OH excluding ortho intramolecular Hbond substituents is 1. The van der Waals surface area contributed by atoms with Gasteiger partial charge in [0.05, 0.1) is 6.10 Å². The van der Waals surface area contributed by atoms with E-state index in [4.69, 9.17) is 14.9 Å². The Labute approximate surface area is 167 Å². The van der Waals surface area contributed by atoms with Gasteiger partial charge in [-0.1, -0.05) is 12.1 Å². The summed E-state index contributed by atoms with van der Waals surface area (Å²) >= 11 is 0. The van der Waals surface area contributed by atoms with Crippen LogP contribution in [0.5, 0.6) is 11.5 Å². The molecule has 7 heteroatoms. The van der Waals surface area contributed by atoms with Crippen LogP contribution < -0.4 is 15.9 Å². The molecule has 2 aromatic carbocycles. The molecular formula is C22H23NO6. The number of aromatic hydroxyl groups is 1. The average molecular weight is 397 g/mol. The van der Waals surface area contributed by atoms with Crippen molar-refractivity contribution < 1.29 is 24.5 Å². The Balaban J connectivity index is 1.69. The first kappa shape index (κ1) is 19.3. The molecule has 5 N–H and O–H groups in total. The molecule has 3 aromatic rings. The molecule has 0 saturated heterocycles. The van der Waals surface area contributed by atoms with E-state index in [2.05, 4.69) is 0 Å². The third-order valence-electron chi connectivity index (χ3n) is 5.60. The molecule has 2 heterocycles. The normalized spacial score (nSPS) is 21.0. The Morgan fingerprint density at radius 3 is 2.66 bits per heavy atom. The fraction of sp³-hybridized carbons (Fsp3) is 0.318. The molecule has 0 spiro atoms. The predicted molar refractivity (Wildman–Crippen MR) is 108 cm³/mol. The highest BCUT2D eigenvalue weighted by molar-refractivity contribution is 5.87. The molecule has 0 radical (unpaired) electrons. The van der Waals surface area contributed by atoms with Crippen LogP contribution in [-0.4, -0.2) is 27.0 Å². The van der Waals surface area contributed by atoms with E-state index in [0.29, 0.717) is 29.8 Å². The van der Waals surface area contributed by atoms with Crippen molar-refractivity contribution in [1.29, 1.82) is 0 Å². The van der Waals surface area contributed by atoms with Gasteiger partial charge in [0.25, 0.3) is 0 Å². The van der Waals surface area contributed by atoms with E-state index < -0.39 is 23.7 Å². The van der Waals surface area contributed by atoms with E-state index >= 15 is 0 Å². The first-order valence-electron chi connectivity index (χ1n) is 9.44. The standard InChI is InChI=1S/C22H23NO6/c1-22(7-6-12-2-4-13(23)5-3-12)19(26)9-15-17(29-22)10-18-20(21(15)27)16(25)8-14(11-24)28-18/h2-5,8,10,19,24,26-27H,6-7,9,11,23H2,1H3/t19-,22+/m1/s1. The maximum atomic E-state index is 12.3. The zero-order valence-corrected chi connectivity index (χ0v) is 16.0. The molecule has 0 saturated carbocycles. The van der Waals surface area contributed by atoms with Gasteiger partial charge in [-0.3, -0.25) is 4.79 Å². The Morgan fingerprint density at radius 2 is 1.97 bits per heavy atom. The summed E-state index contributed by atoms with van der Waals surface area (Å²) in [5.74, 6) is 0.206. The minimum Gasteiger partial charge on any atom is -0.507 e. The number of phenols is 1. The summed E-state index contributed by atoms with van der Waals surface area (Å²) in [5.41, 5.74) is 6.65. The van der Waals surface area contributed by atoms with E-state index in [1.54, 1.807) is 0 Å². The maximum Gasteiger partial charge on any atom is 0.196 e. The van der Waals surface area contributed by atoms with Gasteiger partial charge in [-0.15, -0.1) is 0 Å². The fourth-order valence-electron chi connectivity index (χ4n) is 3.76. The summed E-state index contributed by atoms with van der Waals surface area (Å²) in [6.45, 7) is 1.39. The third-order valence-corrected chi connectivity index (χ3v) is 5.60. The predicted octanol–water partition coefficient (Wildman–Crippen LogP) is 2.26. The maximum absolute atomic E-state index is 12.3. The molecule has 1 aliphatic heterocycles. The van der Waals surface area contributed by atoms with Crippen LogP contribution >= 0.6 is 0 Å². The molecule has 4 rings (SSSR count). The van der Waals surface area contributed by atoms with E-state index in [1.807, 2.05) is 31.2 Å². The minimum atomic E-state index is -0.886. The summed E-state index contributed by atoms with van der Waals surface area (Å²) in [5, 5.41) is 30.7. The average Bonchev–Trinajstić information content (AvgIpc) is 2.69. The lowest BCUT2D eigenvalue weighted by Crippen LogP contribution is -2.49. The molecule has 0 bridgehead atoms. The first-order chi connectivity index (χ1) is 13.8. The lowest BCUT2D eigenvalue weighted by molar-refractivity contribution is -0.0595. The largest absolute Gasteiger partial charge is 0.507 e. The van der Waals surface area contributed by atoms with Crippen LogP contribution in [0.15, 0.2) is 45.6 Å². The van der Waals surface area contributed by atoms with Gasteiger partial charge in [0.2, 0.25) is 0 Å². The Hall–Kier alpha value is -3.03. The Bertz CT molecular complexity index is 1120. The van der Waals surface area contributed by atoms with Crippen LogP contribution in [0.3, 0.4) is 0 Å². The number of aliphatic hydroxyl groups excluding tert-OH is 2. The summed E-state index contributed by atoms with van der Waals surface area (Å²) in [7, 11) is 0. The summed E-state index contributed by atoms with van der Waals surface area (Å²) in [4.78, 5) is 12.3. The number of ether oxygens (including phenoxy) is 1. The Morgan fingerprint density at radius 1 is 1.24 bits per heavy atom. The number of hydrogen-bond donors (Lipinski definition) is 4. The van der Waals surface area contributed by atoms with Crippen molar-refractivity contribution in [2.24, 2.45) is 0 Å². The summed E-state index contributed by atoms with van der Waals surface area (Å²) < 4.78 is 11.6. The van der Waals surface area contributed by atoms with E-state index in [-0.39, 0.29) is 28.9 Å². The molecule has 1 aromatic heterocycles. The molecule has 7 nitrogen and oxygen atoms in total. The number of rotatable bonds is 4. The fourth-order valence-corrected chi connectivity index (χ4v) is 3.76. The van der Waals surface area contributed by atoms with Gasteiger partial charge < -0.3 is 30.2 Å². The molecule has 0 amide bonds. The molecule has 0 aliphatic carbocycles. The number of aryl methyl sites for hydroxylation is 1. The van der Waals surface area contributed by atoms with Crippen molar-refractivity contribution in [1.82, 2.24) is 0 Å². The van der Waals surface area contributed by atoms with Crippen molar-refractivity contribution in [3.63, 3.8) is 0 Å². The monoisotopic (exact) mass is 397 g/mol. The van der Waals surface area contributed by atoms with Gasteiger partial charge >= 0.3 is 0 Å². The van der Waals surface area contributed by atoms with Gasteiger partial charge in [0.1, 0.15) is 40.4 Å². The van der Waals surface area contributed by atoms with Crippen LogP contribution in [-0.2, 0) is 19.4 Å². The Kier molecular flexibility index (Phi) is 4.72. The van der Waals surface area contributed by atoms with Crippen molar-refractivity contribution in [2.75, 3.05) is 5.73 Å². The zero-order chi connectivity index (χ0) is 20.8. The van der Waals surface area contributed by atoms with Crippen LogP contribution in [0.25, 0.3) is 11.0 Å². The van der Waals surface area contributed by atoms with E-state index in [9.17, 15) is 20.1 Å². The van der Waals surface area contributed by atoms with Gasteiger partial charge in [0.15, 0.2) is 5.43 Å². The highest BCUT2D eigenvalue weighted by Crippen LogP contribution is 2.43. The molecule has 1 aliphatic rings. The molecule has 152 valence electrons. The van der Waals surface area contributed by atoms with E-state index in [1.165, 1.54) is 6.07 Å². The zero-order valence-electron chi connectivity index (χ0n) is 16.0. The lowest BCUT2D eigenvalue weighted by Gasteiger charge is -2.40. The van der Waals surface area contributed by atoms with Gasteiger partial charge in [0, 0.05) is 29.8 Å². The molecule has 29 heavy (non-hydrogen) atoms. The summed E-state index contributed by atoms with van der Waals surface area (Å²) in [6, 6.07) is 10.2. The minimum absolute atomic E-state index is 0.0160. The number of fused-ring (bicyclic) bond motifs is 2. The van der Waals surface area contributed by atoms with Crippen LogP contribution in [0.4, 0.5) is 5.69 Å². The quantitative estimate of drug-likeness (QED) is 0.498. The molecular weight excluding hydrogens is 374 g/mol. The van der Waals surface area contributed by atoms with E-state index in [0.717, 1.165) is 11.6 Å². The highest BCUT2D eigenvalue weighted by atomic mass is 16.5. The number of hydrogen-bond acceptors (Lipinski definition) is 7. The van der Waals surface area contributed by atoms with Gasteiger partial charge in [-0.2, -0.15) is 0 Å². The number of nitrogens with two attached hydrogens (primary N) is 1. The second-order valence-corrected chi connectivity index (χ2v) is 7.69. The third kappa shape index (κ3) is 3.43. The van der Waals surface area contributed by atoms with Crippen molar-refractivity contribution in [2.45, 2.75) is 44.5 Å². The van der Waals surface area contributed by atoms with Crippen LogP contribution in [0.2, 0.25) is 0 Å². The lowest BCUT2D eigenvalue weighted by atomic mass is 9.84. The SMILES string of the molecule is C[C@@]1(CCc2ccc(N)cc2)Oc2cc3oc(CO)cc(=O)c3c(O)c2C[C@H]1O. The van der Waals surface area contributed by atoms with Crippen LogP contribution in [0, 0.1) is 0 Å². The number of benzene rings is 2.